The number of hydrogen-bond acceptors (Lipinski definition) is 3. The molecule has 1 saturated heterocycles. The maximum Gasteiger partial charge on any atom is 0.324 e. The van der Waals surface area contributed by atoms with Crippen LogP contribution in [0, 0.1) is 20.8 Å². The number of carbonyl (C=O) groups is 1. The third kappa shape index (κ3) is 5.20. The molecule has 1 fully saturated rings. The summed E-state index contributed by atoms with van der Waals surface area (Å²) in [5.41, 5.74) is 5.30. The van der Waals surface area contributed by atoms with E-state index in [1.54, 1.807) is 41.3 Å². The smallest absolute Gasteiger partial charge is 0.320 e. The van der Waals surface area contributed by atoms with E-state index in [1.165, 1.54) is 11.1 Å². The first-order valence-corrected chi connectivity index (χ1v) is 12.5. The van der Waals surface area contributed by atoms with E-state index in [1.807, 2.05) is 24.0 Å². The Morgan fingerprint density at radius 1 is 0.848 bits per heavy atom. The zero-order valence-electron chi connectivity index (χ0n) is 19.2. The second kappa shape index (κ2) is 9.27. The van der Waals surface area contributed by atoms with Gasteiger partial charge in [-0.05, 0) is 62.6 Å². The molecule has 6 nitrogen and oxygen atoms in total. The monoisotopic (exact) mass is 463 g/mol. The number of sulfonamides is 1. The molecule has 7 heteroatoms. The van der Waals surface area contributed by atoms with E-state index in [-0.39, 0.29) is 10.9 Å². The van der Waals surface area contributed by atoms with Crippen molar-refractivity contribution in [3.8, 4) is 0 Å². The normalized spacial score (nSPS) is 14.5. The lowest BCUT2D eigenvalue weighted by Crippen LogP contribution is -2.49. The van der Waals surface area contributed by atoms with E-state index >= 15 is 0 Å². The summed E-state index contributed by atoms with van der Waals surface area (Å²) in [5.74, 6) is 0. The lowest BCUT2D eigenvalue weighted by atomic mass is 10.1. The fraction of sp³-hybridized carbons (Fsp3) is 0.269. The molecule has 0 aliphatic carbocycles. The zero-order valence-corrected chi connectivity index (χ0v) is 20.0. The number of aryl methyl sites for hydroxylation is 3. The summed E-state index contributed by atoms with van der Waals surface area (Å²) in [5, 5.41) is 0. The molecule has 0 atom stereocenters. The molecule has 3 aromatic rings. The minimum atomic E-state index is -3.78. The predicted molar refractivity (Wildman–Crippen MR) is 132 cm³/mol. The van der Waals surface area contributed by atoms with Gasteiger partial charge >= 0.3 is 6.03 Å². The van der Waals surface area contributed by atoms with Gasteiger partial charge in [-0.1, -0.05) is 53.6 Å². The fourth-order valence-corrected chi connectivity index (χ4v) is 5.39. The van der Waals surface area contributed by atoms with Gasteiger partial charge in [0, 0.05) is 19.6 Å². The van der Waals surface area contributed by atoms with Crippen molar-refractivity contribution in [2.75, 3.05) is 22.7 Å². The van der Waals surface area contributed by atoms with Crippen LogP contribution in [0.1, 0.15) is 28.7 Å². The van der Waals surface area contributed by atoms with Crippen LogP contribution < -0.4 is 9.62 Å². The lowest BCUT2D eigenvalue weighted by molar-refractivity contribution is 0.192. The molecule has 0 bridgehead atoms. The highest BCUT2D eigenvalue weighted by Crippen LogP contribution is 2.32. The zero-order chi connectivity index (χ0) is 23.6. The van der Waals surface area contributed by atoms with Crippen molar-refractivity contribution in [1.82, 2.24) is 4.90 Å². The maximum atomic E-state index is 13.4. The minimum absolute atomic E-state index is 0.121. The van der Waals surface area contributed by atoms with Crippen LogP contribution in [0.3, 0.4) is 0 Å². The van der Waals surface area contributed by atoms with E-state index in [9.17, 15) is 13.2 Å². The van der Waals surface area contributed by atoms with Crippen LogP contribution in [0.25, 0.3) is 0 Å². The second-order valence-corrected chi connectivity index (χ2v) is 10.3. The van der Waals surface area contributed by atoms with Gasteiger partial charge in [-0.3, -0.25) is 9.62 Å². The molecule has 0 radical (unpaired) electrons. The Morgan fingerprint density at radius 3 is 2.24 bits per heavy atom. The number of anilines is 2. The number of nitrogens with zero attached hydrogens (tertiary/aromatic N) is 2. The van der Waals surface area contributed by atoms with Crippen LogP contribution in [-0.2, 0) is 16.6 Å². The largest absolute Gasteiger partial charge is 0.324 e. The molecule has 0 spiro atoms. The molecule has 2 amide bonds. The number of hydrogen-bond donors (Lipinski definition) is 1. The Kier molecular flexibility index (Phi) is 6.42. The molecule has 0 aromatic heterocycles. The Bertz CT molecular complexity index is 1250. The van der Waals surface area contributed by atoms with Crippen molar-refractivity contribution >= 4 is 27.4 Å². The summed E-state index contributed by atoms with van der Waals surface area (Å²) in [6, 6.07) is 19.9. The van der Waals surface area contributed by atoms with Crippen molar-refractivity contribution in [1.29, 1.82) is 0 Å². The summed E-state index contributed by atoms with van der Waals surface area (Å²) >= 11 is 0. The average molecular weight is 464 g/mol. The van der Waals surface area contributed by atoms with Gasteiger partial charge < -0.3 is 4.90 Å². The fourth-order valence-electron chi connectivity index (χ4n) is 4.30. The highest BCUT2D eigenvalue weighted by molar-refractivity contribution is 7.92. The Hall–Kier alpha value is -3.32. The maximum absolute atomic E-state index is 13.4. The van der Waals surface area contributed by atoms with Crippen molar-refractivity contribution < 1.29 is 13.2 Å². The van der Waals surface area contributed by atoms with E-state index in [0.717, 1.165) is 17.5 Å². The average Bonchev–Trinajstić information content (AvgIpc) is 2.75. The van der Waals surface area contributed by atoms with Crippen LogP contribution in [0.2, 0.25) is 0 Å². The molecule has 33 heavy (non-hydrogen) atoms. The highest BCUT2D eigenvalue weighted by atomic mass is 32.2. The standard InChI is InChI=1S/C26H29N3O3S/c1-19-10-11-25(24(17-19)27-33(31,32)23-8-5-4-6-9-23)29-13-7-12-28(26(29)30)18-22-15-20(2)14-21(3)16-22/h4-6,8-11,14-17,27H,7,12-13,18H2,1-3H3. The quantitative estimate of drug-likeness (QED) is 0.543. The van der Waals surface area contributed by atoms with Crippen LogP contribution in [0.5, 0.6) is 0 Å². The molecule has 0 saturated carbocycles. The Morgan fingerprint density at radius 2 is 1.55 bits per heavy atom. The van der Waals surface area contributed by atoms with E-state index < -0.39 is 10.0 Å². The Labute approximate surface area is 195 Å². The first-order chi connectivity index (χ1) is 15.7. The molecule has 3 aromatic carbocycles. The van der Waals surface area contributed by atoms with Crippen LogP contribution >= 0.6 is 0 Å². The topological polar surface area (TPSA) is 69.7 Å². The predicted octanol–water partition coefficient (Wildman–Crippen LogP) is 5.24. The molecular weight excluding hydrogens is 434 g/mol. The first-order valence-electron chi connectivity index (χ1n) is 11.0. The molecule has 4 rings (SSSR count). The van der Waals surface area contributed by atoms with Crippen molar-refractivity contribution in [2.45, 2.75) is 38.6 Å². The van der Waals surface area contributed by atoms with Gasteiger partial charge in [-0.15, -0.1) is 0 Å². The second-order valence-electron chi connectivity index (χ2n) is 8.64. The minimum Gasteiger partial charge on any atom is -0.320 e. The van der Waals surface area contributed by atoms with Gasteiger partial charge in [0.15, 0.2) is 0 Å². The van der Waals surface area contributed by atoms with E-state index in [2.05, 4.69) is 36.8 Å². The van der Waals surface area contributed by atoms with Crippen molar-refractivity contribution in [3.63, 3.8) is 0 Å². The summed E-state index contributed by atoms with van der Waals surface area (Å²) < 4.78 is 28.6. The van der Waals surface area contributed by atoms with E-state index in [0.29, 0.717) is 31.0 Å². The summed E-state index contributed by atoms with van der Waals surface area (Å²) in [7, 11) is -3.78. The summed E-state index contributed by atoms with van der Waals surface area (Å²) in [6.45, 7) is 7.73. The molecule has 172 valence electrons. The molecule has 1 aliphatic rings. The van der Waals surface area contributed by atoms with Crippen molar-refractivity contribution in [2.24, 2.45) is 0 Å². The van der Waals surface area contributed by atoms with Gasteiger partial charge in [-0.2, -0.15) is 0 Å². The van der Waals surface area contributed by atoms with Gasteiger partial charge in [0.2, 0.25) is 0 Å². The number of amides is 2. The third-order valence-corrected chi connectivity index (χ3v) is 7.09. The van der Waals surface area contributed by atoms with Gasteiger partial charge in [0.25, 0.3) is 10.0 Å². The number of urea groups is 1. The van der Waals surface area contributed by atoms with Crippen LogP contribution in [0.4, 0.5) is 16.2 Å². The first kappa shape index (κ1) is 22.9. The number of carbonyl (C=O) groups excluding carboxylic acids is 1. The lowest BCUT2D eigenvalue weighted by Gasteiger charge is -2.36. The summed E-state index contributed by atoms with van der Waals surface area (Å²) in [6.07, 6.45) is 0.801. The van der Waals surface area contributed by atoms with Crippen LogP contribution in [0.15, 0.2) is 71.6 Å². The van der Waals surface area contributed by atoms with Gasteiger partial charge in [-0.25, -0.2) is 13.2 Å². The van der Waals surface area contributed by atoms with Crippen molar-refractivity contribution in [3.05, 3.63) is 89.0 Å². The van der Waals surface area contributed by atoms with E-state index in [4.69, 9.17) is 0 Å². The van der Waals surface area contributed by atoms with Crippen LogP contribution in [-0.4, -0.2) is 32.4 Å². The van der Waals surface area contributed by atoms with Gasteiger partial charge in [0.1, 0.15) is 0 Å². The third-order valence-electron chi connectivity index (χ3n) is 5.71. The summed E-state index contributed by atoms with van der Waals surface area (Å²) in [4.78, 5) is 17.1. The molecular formula is C26H29N3O3S. The number of nitrogens with one attached hydrogen (secondary N) is 1. The molecule has 1 N–H and O–H groups in total. The highest BCUT2D eigenvalue weighted by Gasteiger charge is 2.29. The van der Waals surface area contributed by atoms with Gasteiger partial charge in [0.05, 0.1) is 16.3 Å². The molecule has 1 heterocycles. The molecule has 0 unspecified atom stereocenters. The Balaban J connectivity index is 1.62. The SMILES string of the molecule is Cc1cc(C)cc(CN2CCCN(c3ccc(C)cc3NS(=O)(=O)c3ccccc3)C2=O)c1. The number of rotatable bonds is 6. The number of benzene rings is 3. The molecule has 1 aliphatic heterocycles.